The lowest BCUT2D eigenvalue weighted by Crippen LogP contribution is -2.32. The van der Waals surface area contributed by atoms with E-state index in [-0.39, 0.29) is 18.3 Å². The van der Waals surface area contributed by atoms with E-state index in [1.165, 1.54) is 0 Å². The Hall–Kier alpha value is -2.05. The Kier molecular flexibility index (Phi) is 7.94. The van der Waals surface area contributed by atoms with E-state index in [0.29, 0.717) is 24.9 Å². The summed E-state index contributed by atoms with van der Waals surface area (Å²) in [7, 11) is 0. The molecule has 1 aromatic heterocycles. The first-order valence-electron chi connectivity index (χ1n) is 8.96. The van der Waals surface area contributed by atoms with Crippen LogP contribution in [0.25, 0.3) is 0 Å². The van der Waals surface area contributed by atoms with Gasteiger partial charge in [0.2, 0.25) is 0 Å². The Morgan fingerprint density at radius 2 is 2.23 bits per heavy atom. The fraction of sp³-hybridized carbons (Fsp3) is 0.474. The molecule has 1 atom stereocenters. The summed E-state index contributed by atoms with van der Waals surface area (Å²) >= 11 is 0. The highest BCUT2D eigenvalue weighted by molar-refractivity contribution is 5.92. The number of nitrogens with one attached hydrogen (secondary N) is 2. The number of hydrogen-bond acceptors (Lipinski definition) is 4. The van der Waals surface area contributed by atoms with Crippen molar-refractivity contribution in [1.82, 2.24) is 20.4 Å². The van der Waals surface area contributed by atoms with E-state index in [9.17, 15) is 4.79 Å². The number of rotatable bonds is 7. The van der Waals surface area contributed by atoms with Gasteiger partial charge in [-0.15, -0.1) is 12.4 Å². The average Bonchev–Trinajstić information content (AvgIpc) is 3.14. The minimum atomic E-state index is -0.126. The summed E-state index contributed by atoms with van der Waals surface area (Å²) in [6.45, 7) is 5.15. The Balaban J connectivity index is 0.00000243. The van der Waals surface area contributed by atoms with Crippen LogP contribution in [0.2, 0.25) is 0 Å². The third-order valence-electron chi connectivity index (χ3n) is 4.44. The summed E-state index contributed by atoms with van der Waals surface area (Å²) in [4.78, 5) is 12.2. The second kappa shape index (κ2) is 10.2. The molecule has 2 aromatic rings. The van der Waals surface area contributed by atoms with Gasteiger partial charge in [0.1, 0.15) is 11.4 Å². The molecule has 0 bridgehead atoms. The maximum absolute atomic E-state index is 12.2. The standard InChI is InChI=1S/C19H26N4O2.ClH/c1-15-6-2-3-8-18(15)25-13-5-11-21-19(24)17-9-12-23(22-17)16-7-4-10-20-14-16;/h2-3,6,8-9,12,16,20H,4-5,7,10-11,13-14H2,1H3,(H,21,24);1H. The Morgan fingerprint density at radius 1 is 1.38 bits per heavy atom. The van der Waals surface area contributed by atoms with Crippen molar-refractivity contribution in [3.05, 3.63) is 47.8 Å². The van der Waals surface area contributed by atoms with E-state index in [0.717, 1.165) is 43.7 Å². The molecule has 1 amide bonds. The lowest BCUT2D eigenvalue weighted by atomic mass is 10.1. The van der Waals surface area contributed by atoms with Crippen molar-refractivity contribution in [1.29, 1.82) is 0 Å². The van der Waals surface area contributed by atoms with Crippen LogP contribution in [-0.2, 0) is 0 Å². The molecule has 26 heavy (non-hydrogen) atoms. The number of aryl methyl sites for hydroxylation is 1. The molecule has 1 fully saturated rings. The number of amides is 1. The lowest BCUT2D eigenvalue weighted by molar-refractivity contribution is 0.0945. The van der Waals surface area contributed by atoms with Crippen LogP contribution in [0, 0.1) is 6.92 Å². The van der Waals surface area contributed by atoms with Crippen molar-refractivity contribution in [3.8, 4) is 5.75 Å². The van der Waals surface area contributed by atoms with Crippen molar-refractivity contribution in [2.75, 3.05) is 26.2 Å². The van der Waals surface area contributed by atoms with Gasteiger partial charge in [0.25, 0.3) is 5.91 Å². The second-order valence-electron chi connectivity index (χ2n) is 6.40. The van der Waals surface area contributed by atoms with Gasteiger partial charge in [-0.05, 0) is 50.4 Å². The largest absolute Gasteiger partial charge is 0.493 e. The van der Waals surface area contributed by atoms with Crippen LogP contribution >= 0.6 is 12.4 Å². The summed E-state index contributed by atoms with van der Waals surface area (Å²) in [6, 6.07) is 10.1. The van der Waals surface area contributed by atoms with E-state index < -0.39 is 0 Å². The van der Waals surface area contributed by atoms with Gasteiger partial charge in [-0.25, -0.2) is 0 Å². The Bertz CT molecular complexity index is 698. The number of carbonyl (C=O) groups is 1. The SMILES string of the molecule is Cc1ccccc1OCCCNC(=O)c1ccn(C2CCCNC2)n1.Cl. The average molecular weight is 379 g/mol. The molecule has 2 N–H and O–H groups in total. The molecule has 1 aliphatic heterocycles. The van der Waals surface area contributed by atoms with Gasteiger partial charge < -0.3 is 15.4 Å². The molecular weight excluding hydrogens is 352 g/mol. The van der Waals surface area contributed by atoms with E-state index in [4.69, 9.17) is 4.74 Å². The van der Waals surface area contributed by atoms with E-state index >= 15 is 0 Å². The third kappa shape index (κ3) is 5.47. The number of piperidine rings is 1. The highest BCUT2D eigenvalue weighted by atomic mass is 35.5. The van der Waals surface area contributed by atoms with Gasteiger partial charge in [-0.1, -0.05) is 18.2 Å². The van der Waals surface area contributed by atoms with Crippen LogP contribution < -0.4 is 15.4 Å². The summed E-state index contributed by atoms with van der Waals surface area (Å²) in [5, 5.41) is 10.7. The van der Waals surface area contributed by atoms with Crippen LogP contribution in [0.4, 0.5) is 0 Å². The second-order valence-corrected chi connectivity index (χ2v) is 6.40. The Morgan fingerprint density at radius 3 is 3.00 bits per heavy atom. The zero-order valence-corrected chi connectivity index (χ0v) is 15.9. The molecule has 1 aromatic carbocycles. The third-order valence-corrected chi connectivity index (χ3v) is 4.44. The number of halogens is 1. The maximum Gasteiger partial charge on any atom is 0.271 e. The fourth-order valence-corrected chi connectivity index (χ4v) is 2.99. The smallest absolute Gasteiger partial charge is 0.271 e. The van der Waals surface area contributed by atoms with Gasteiger partial charge in [0, 0.05) is 19.3 Å². The monoisotopic (exact) mass is 378 g/mol. The molecule has 1 unspecified atom stereocenters. The molecule has 3 rings (SSSR count). The predicted octanol–water partition coefficient (Wildman–Crippen LogP) is 2.74. The predicted molar refractivity (Wildman–Crippen MR) is 104 cm³/mol. The zero-order valence-electron chi connectivity index (χ0n) is 15.1. The molecule has 7 heteroatoms. The molecule has 6 nitrogen and oxygen atoms in total. The highest BCUT2D eigenvalue weighted by Crippen LogP contribution is 2.16. The van der Waals surface area contributed by atoms with Gasteiger partial charge in [0.15, 0.2) is 0 Å². The maximum atomic E-state index is 12.2. The van der Waals surface area contributed by atoms with E-state index in [1.807, 2.05) is 42.1 Å². The van der Waals surface area contributed by atoms with Crippen LogP contribution in [0.3, 0.4) is 0 Å². The molecule has 0 spiro atoms. The fourth-order valence-electron chi connectivity index (χ4n) is 2.99. The van der Waals surface area contributed by atoms with Gasteiger partial charge in [-0.2, -0.15) is 5.10 Å². The molecule has 0 radical (unpaired) electrons. The van der Waals surface area contributed by atoms with Gasteiger partial charge in [0.05, 0.1) is 12.6 Å². The molecule has 2 heterocycles. The highest BCUT2D eigenvalue weighted by Gasteiger charge is 2.17. The lowest BCUT2D eigenvalue weighted by Gasteiger charge is -2.22. The topological polar surface area (TPSA) is 68.2 Å². The molecule has 142 valence electrons. The van der Waals surface area contributed by atoms with Crippen LogP contribution in [0.15, 0.2) is 36.5 Å². The Labute approximate surface area is 160 Å². The minimum absolute atomic E-state index is 0. The number of para-hydroxylation sites is 1. The number of nitrogens with zero attached hydrogens (tertiary/aromatic N) is 2. The molecule has 1 saturated heterocycles. The normalized spacial score (nSPS) is 16.6. The molecular formula is C19H27ClN4O2. The van der Waals surface area contributed by atoms with Crippen LogP contribution in [-0.4, -0.2) is 41.9 Å². The van der Waals surface area contributed by atoms with Crippen molar-refractivity contribution in [3.63, 3.8) is 0 Å². The van der Waals surface area contributed by atoms with Gasteiger partial charge >= 0.3 is 0 Å². The number of hydrogen-bond donors (Lipinski definition) is 2. The zero-order chi connectivity index (χ0) is 17.5. The summed E-state index contributed by atoms with van der Waals surface area (Å²) in [5.41, 5.74) is 1.60. The van der Waals surface area contributed by atoms with Gasteiger partial charge in [-0.3, -0.25) is 9.48 Å². The van der Waals surface area contributed by atoms with Crippen molar-refractivity contribution < 1.29 is 9.53 Å². The summed E-state index contributed by atoms with van der Waals surface area (Å²) < 4.78 is 7.63. The quantitative estimate of drug-likeness (QED) is 0.727. The van der Waals surface area contributed by atoms with Crippen molar-refractivity contribution in [2.24, 2.45) is 0 Å². The number of ether oxygens (including phenoxy) is 1. The molecule has 1 aliphatic rings. The minimum Gasteiger partial charge on any atom is -0.493 e. The number of aromatic nitrogens is 2. The first-order chi connectivity index (χ1) is 12.2. The number of carbonyl (C=O) groups excluding carboxylic acids is 1. The van der Waals surface area contributed by atoms with Crippen molar-refractivity contribution >= 4 is 18.3 Å². The summed E-state index contributed by atoms with van der Waals surface area (Å²) in [5.74, 6) is 0.770. The van der Waals surface area contributed by atoms with Crippen LogP contribution in [0.1, 0.15) is 41.4 Å². The first kappa shape index (κ1) is 20.3. The first-order valence-corrected chi connectivity index (χ1v) is 8.96. The number of benzene rings is 1. The molecule has 0 saturated carbocycles. The molecule has 0 aliphatic carbocycles. The van der Waals surface area contributed by atoms with E-state index in [1.54, 1.807) is 6.07 Å². The summed E-state index contributed by atoms with van der Waals surface area (Å²) in [6.07, 6.45) is 4.90. The van der Waals surface area contributed by atoms with E-state index in [2.05, 4.69) is 15.7 Å². The van der Waals surface area contributed by atoms with Crippen molar-refractivity contribution in [2.45, 2.75) is 32.2 Å². The van der Waals surface area contributed by atoms with Crippen LogP contribution in [0.5, 0.6) is 5.75 Å².